The number of carbonyl (C=O) groups is 2. The summed E-state index contributed by atoms with van der Waals surface area (Å²) in [6, 6.07) is 0. The van der Waals surface area contributed by atoms with Gasteiger partial charge in [-0.2, -0.15) is 0 Å². The third-order valence-corrected chi connectivity index (χ3v) is 12.9. The van der Waals surface area contributed by atoms with Crippen LogP contribution in [0.4, 0.5) is 0 Å². The van der Waals surface area contributed by atoms with E-state index in [0.717, 1.165) is 122 Å². The molecule has 0 amide bonds. The van der Waals surface area contributed by atoms with Gasteiger partial charge in [0.1, 0.15) is 19.8 Å². The SMILES string of the molecule is CC/C=C\C/C=C\C/C=C\C/C=C\C/C=C\C/C=C\C/C=C\C/C=C\CCCCCCCCCCCCCCC(=O)OC(COC(=O)CCCCCCC/C=C\C/C=C\CCC)COP(=O)([O-])OCC[N+](C)(C)C. The average Bonchev–Trinajstić information content (AvgIpc) is 3.36. The summed E-state index contributed by atoms with van der Waals surface area (Å²) in [5.74, 6) is -0.859. The highest BCUT2D eigenvalue weighted by atomic mass is 31.2. The fourth-order valence-corrected chi connectivity index (χ4v) is 8.20. The van der Waals surface area contributed by atoms with Gasteiger partial charge >= 0.3 is 11.9 Å². The van der Waals surface area contributed by atoms with Crippen LogP contribution in [0.25, 0.3) is 0 Å². The summed E-state index contributed by atoms with van der Waals surface area (Å²) >= 11 is 0. The summed E-state index contributed by atoms with van der Waals surface area (Å²) in [6.07, 6.45) is 76.8. The summed E-state index contributed by atoms with van der Waals surface area (Å²) < 4.78 is 34.1. The predicted octanol–water partition coefficient (Wildman–Crippen LogP) is 17.7. The number of carbonyl (C=O) groups excluding carboxylic acids is 2. The molecular formula is C64H108NO8P. The number of phosphoric acid groups is 1. The molecule has 74 heavy (non-hydrogen) atoms. The minimum atomic E-state index is -4.64. The van der Waals surface area contributed by atoms with Crippen LogP contribution in [-0.4, -0.2) is 70.0 Å². The molecule has 2 unspecified atom stereocenters. The molecule has 0 heterocycles. The van der Waals surface area contributed by atoms with Crippen molar-refractivity contribution in [1.82, 2.24) is 0 Å². The molecule has 0 saturated carbocycles. The van der Waals surface area contributed by atoms with Gasteiger partial charge in [0.05, 0.1) is 27.7 Å². The lowest BCUT2D eigenvalue weighted by molar-refractivity contribution is -0.870. The Bertz CT molecular complexity index is 1660. The molecule has 9 nitrogen and oxygen atoms in total. The van der Waals surface area contributed by atoms with E-state index in [9.17, 15) is 19.0 Å². The van der Waals surface area contributed by atoms with Gasteiger partial charge in [0.2, 0.25) is 0 Å². The monoisotopic (exact) mass is 1050 g/mol. The van der Waals surface area contributed by atoms with E-state index in [-0.39, 0.29) is 26.1 Å². The molecule has 2 atom stereocenters. The van der Waals surface area contributed by atoms with E-state index in [1.807, 2.05) is 21.1 Å². The molecule has 0 N–H and O–H groups in total. The van der Waals surface area contributed by atoms with Crippen molar-refractivity contribution in [2.45, 2.75) is 225 Å². The zero-order chi connectivity index (χ0) is 54.2. The number of unbranched alkanes of at least 4 members (excludes halogenated alkanes) is 18. The lowest BCUT2D eigenvalue weighted by Gasteiger charge is -2.28. The van der Waals surface area contributed by atoms with Crippen LogP contribution in [0.3, 0.4) is 0 Å². The summed E-state index contributed by atoms with van der Waals surface area (Å²) in [6.45, 7) is 4.02. The van der Waals surface area contributed by atoms with Crippen molar-refractivity contribution in [2.24, 2.45) is 0 Å². The Morgan fingerprint density at radius 3 is 1.15 bits per heavy atom. The Kier molecular flexibility index (Phi) is 51.6. The largest absolute Gasteiger partial charge is 0.756 e. The molecule has 0 fully saturated rings. The van der Waals surface area contributed by atoms with E-state index in [4.69, 9.17) is 18.5 Å². The number of phosphoric ester groups is 1. The van der Waals surface area contributed by atoms with Gasteiger partial charge in [-0.05, 0) is 103 Å². The Morgan fingerprint density at radius 1 is 0.432 bits per heavy atom. The van der Waals surface area contributed by atoms with Crippen molar-refractivity contribution in [1.29, 1.82) is 0 Å². The van der Waals surface area contributed by atoms with E-state index in [0.29, 0.717) is 23.9 Å². The van der Waals surface area contributed by atoms with Crippen molar-refractivity contribution < 1.29 is 42.1 Å². The second-order valence-electron chi connectivity index (χ2n) is 20.3. The number of quaternary nitrogens is 1. The zero-order valence-corrected chi connectivity index (χ0v) is 48.6. The Labute approximate surface area is 454 Å². The lowest BCUT2D eigenvalue weighted by Crippen LogP contribution is -2.37. The molecule has 0 aliphatic carbocycles. The van der Waals surface area contributed by atoms with Crippen molar-refractivity contribution in [3.63, 3.8) is 0 Å². The van der Waals surface area contributed by atoms with Crippen molar-refractivity contribution in [3.8, 4) is 0 Å². The molecule has 0 aliphatic rings. The van der Waals surface area contributed by atoms with Crippen LogP contribution in [0.5, 0.6) is 0 Å². The molecule has 0 bridgehead atoms. The van der Waals surface area contributed by atoms with E-state index in [2.05, 4.69) is 135 Å². The minimum absolute atomic E-state index is 0.0387. The number of hydrogen-bond donors (Lipinski definition) is 0. The van der Waals surface area contributed by atoms with Gasteiger partial charge in [0.15, 0.2) is 6.10 Å². The molecule has 0 saturated heterocycles. The molecule has 422 valence electrons. The first kappa shape index (κ1) is 70.4. The number of ether oxygens (including phenoxy) is 2. The highest BCUT2D eigenvalue weighted by Gasteiger charge is 2.21. The van der Waals surface area contributed by atoms with Crippen LogP contribution >= 0.6 is 7.82 Å². The fourth-order valence-electron chi connectivity index (χ4n) is 7.47. The van der Waals surface area contributed by atoms with Crippen LogP contribution in [0.15, 0.2) is 122 Å². The Hall–Kier alpha value is -3.59. The van der Waals surface area contributed by atoms with Crippen LogP contribution < -0.4 is 4.89 Å². The number of allylic oxidation sites excluding steroid dienone is 20. The quantitative estimate of drug-likeness (QED) is 0.0195. The smallest absolute Gasteiger partial charge is 0.306 e. The van der Waals surface area contributed by atoms with E-state index in [1.54, 1.807) is 0 Å². The van der Waals surface area contributed by atoms with Crippen LogP contribution in [0, 0.1) is 0 Å². The summed E-state index contributed by atoms with van der Waals surface area (Å²) in [4.78, 5) is 37.8. The summed E-state index contributed by atoms with van der Waals surface area (Å²) in [5.41, 5.74) is 0. The third kappa shape index (κ3) is 57.7. The maximum absolute atomic E-state index is 12.8. The molecule has 0 aliphatic heterocycles. The standard InChI is InChI=1S/C64H108NO8P/c1-6-8-10-12-14-16-18-20-21-22-23-24-25-26-27-28-29-30-31-32-33-34-35-36-37-38-39-40-41-42-43-45-47-49-51-53-55-57-64(67)73-62(61-72-74(68,69)71-59-58-65(3,4)5)60-70-63(66)56-54-52-50-48-46-44-19-17-15-13-11-9-7-2/h8,10-11,13-14,16-17,19-21,23-24,26-27,29-30,32-33,35-36,62H,6-7,9,12,15,18,22,25,28,31,34,37-61H2,1-5H3/b10-8-,13-11-,16-14-,19-17-,21-20-,24-23-,27-26-,30-29-,33-32-,36-35-. The van der Waals surface area contributed by atoms with Gasteiger partial charge in [-0.1, -0.05) is 225 Å². The topological polar surface area (TPSA) is 111 Å². The van der Waals surface area contributed by atoms with Crippen molar-refractivity contribution in [3.05, 3.63) is 122 Å². The average molecular weight is 1050 g/mol. The van der Waals surface area contributed by atoms with Gasteiger partial charge in [-0.3, -0.25) is 14.2 Å². The summed E-state index contributed by atoms with van der Waals surface area (Å²) in [7, 11) is 1.14. The van der Waals surface area contributed by atoms with Gasteiger partial charge in [-0.15, -0.1) is 0 Å². The first-order valence-corrected chi connectivity index (χ1v) is 30.7. The molecule has 0 aromatic heterocycles. The van der Waals surface area contributed by atoms with Gasteiger partial charge in [0.25, 0.3) is 7.82 Å². The second-order valence-corrected chi connectivity index (χ2v) is 21.7. The van der Waals surface area contributed by atoms with Gasteiger partial charge in [-0.25, -0.2) is 0 Å². The van der Waals surface area contributed by atoms with Crippen molar-refractivity contribution in [2.75, 3.05) is 47.5 Å². The lowest BCUT2D eigenvalue weighted by atomic mass is 10.0. The summed E-state index contributed by atoms with van der Waals surface area (Å²) in [5, 5.41) is 0. The molecule has 0 aromatic carbocycles. The molecule has 0 spiro atoms. The molecular weight excluding hydrogens is 942 g/mol. The van der Waals surface area contributed by atoms with Crippen LogP contribution in [0.2, 0.25) is 0 Å². The molecule has 0 aromatic rings. The number of rotatable bonds is 52. The van der Waals surface area contributed by atoms with Gasteiger partial charge < -0.3 is 27.9 Å². The fraction of sp³-hybridized carbons (Fsp3) is 0.656. The minimum Gasteiger partial charge on any atom is -0.756 e. The predicted molar refractivity (Wildman–Crippen MR) is 314 cm³/mol. The maximum atomic E-state index is 12.8. The van der Waals surface area contributed by atoms with Gasteiger partial charge in [0, 0.05) is 12.8 Å². The molecule has 10 heteroatoms. The van der Waals surface area contributed by atoms with E-state index < -0.39 is 32.5 Å². The Balaban J connectivity index is 4.08. The van der Waals surface area contributed by atoms with Crippen molar-refractivity contribution >= 4 is 19.8 Å². The number of nitrogens with zero attached hydrogens (tertiary/aromatic N) is 1. The first-order valence-electron chi connectivity index (χ1n) is 29.2. The highest BCUT2D eigenvalue weighted by Crippen LogP contribution is 2.38. The number of likely N-dealkylation sites (N-methyl/N-ethyl adjacent to an activating group) is 1. The maximum Gasteiger partial charge on any atom is 0.306 e. The second kappa shape index (κ2) is 54.2. The third-order valence-electron chi connectivity index (χ3n) is 11.9. The number of hydrogen-bond acceptors (Lipinski definition) is 8. The van der Waals surface area contributed by atoms with E-state index >= 15 is 0 Å². The Morgan fingerprint density at radius 2 is 0.770 bits per heavy atom. The molecule has 0 rings (SSSR count). The first-order chi connectivity index (χ1) is 36.0. The molecule has 0 radical (unpaired) electrons. The number of esters is 2. The van der Waals surface area contributed by atoms with Crippen LogP contribution in [0.1, 0.15) is 219 Å². The highest BCUT2D eigenvalue weighted by molar-refractivity contribution is 7.45. The zero-order valence-electron chi connectivity index (χ0n) is 47.7. The van der Waals surface area contributed by atoms with Crippen LogP contribution in [-0.2, 0) is 32.7 Å². The normalized spacial score (nSPS) is 14.2. The van der Waals surface area contributed by atoms with E-state index in [1.165, 1.54) is 57.8 Å².